The van der Waals surface area contributed by atoms with Gasteiger partial charge in [0.25, 0.3) is 0 Å². The van der Waals surface area contributed by atoms with E-state index in [9.17, 15) is 65.8 Å². The second-order valence-corrected chi connectivity index (χ2v) is 12.6. The van der Waals surface area contributed by atoms with E-state index < -0.39 is 154 Å². The van der Waals surface area contributed by atoms with Crippen LogP contribution in [0.1, 0.15) is 20.8 Å². The predicted molar refractivity (Wildman–Crippen MR) is 156 cm³/mol. The van der Waals surface area contributed by atoms with Crippen molar-refractivity contribution in [2.24, 2.45) is 0 Å². The zero-order valence-corrected chi connectivity index (χ0v) is 27.3. The van der Waals surface area contributed by atoms with E-state index in [2.05, 4.69) is 10.6 Å². The molecule has 4 heterocycles. The third-order valence-corrected chi connectivity index (χ3v) is 8.95. The highest BCUT2D eigenvalue weighted by Crippen LogP contribution is 2.34. The predicted octanol–water partition coefficient (Wildman–Crippen LogP) is -8.43. The fraction of sp³-hybridized carbons (Fsp3) is 0.929. The Bertz CT molecular complexity index is 1120. The van der Waals surface area contributed by atoms with Crippen molar-refractivity contribution in [1.29, 1.82) is 0 Å². The van der Waals surface area contributed by atoms with Crippen molar-refractivity contribution >= 4 is 11.8 Å². The van der Waals surface area contributed by atoms with Gasteiger partial charge in [0, 0.05) is 13.8 Å². The van der Waals surface area contributed by atoms with Gasteiger partial charge in [0.15, 0.2) is 25.2 Å². The molecule has 0 radical (unpaired) electrons. The van der Waals surface area contributed by atoms with Gasteiger partial charge < -0.3 is 100.0 Å². The van der Waals surface area contributed by atoms with Crippen LogP contribution in [0.25, 0.3) is 0 Å². The maximum Gasteiger partial charge on any atom is 0.217 e. The smallest absolute Gasteiger partial charge is 0.217 e. The number of aliphatic hydroxyl groups is 11. The number of amides is 2. The Balaban J connectivity index is 1.65. The first-order valence-electron chi connectivity index (χ1n) is 15.9. The second-order valence-electron chi connectivity index (χ2n) is 12.6. The number of ether oxygens (including phenoxy) is 7. The maximum atomic E-state index is 12.5. The van der Waals surface area contributed by atoms with Crippen LogP contribution < -0.4 is 10.6 Å². The summed E-state index contributed by atoms with van der Waals surface area (Å²) in [6.45, 7) is 1.22. The van der Waals surface area contributed by atoms with Crippen LogP contribution in [0.3, 0.4) is 0 Å². The average Bonchev–Trinajstić information content (AvgIpc) is 3.06. The highest BCUT2D eigenvalue weighted by atomic mass is 16.8. The second kappa shape index (κ2) is 17.4. The third-order valence-electron chi connectivity index (χ3n) is 8.95. The van der Waals surface area contributed by atoms with E-state index in [1.807, 2.05) is 0 Å². The Labute approximate surface area is 285 Å². The summed E-state index contributed by atoms with van der Waals surface area (Å²) in [4.78, 5) is 24.0. The molecule has 0 bridgehead atoms. The Morgan fingerprint density at radius 2 is 1.06 bits per heavy atom. The van der Waals surface area contributed by atoms with Gasteiger partial charge in [-0.05, 0) is 6.92 Å². The number of aliphatic hydroxyl groups excluding tert-OH is 11. The zero-order chi connectivity index (χ0) is 37.2. The number of carbonyl (C=O) groups excluding carboxylic acids is 2. The topological polar surface area (TPSA) is 345 Å². The van der Waals surface area contributed by atoms with E-state index in [-0.39, 0.29) is 0 Å². The summed E-state index contributed by atoms with van der Waals surface area (Å²) < 4.78 is 40.1. The van der Waals surface area contributed by atoms with Gasteiger partial charge in [0.1, 0.15) is 91.4 Å². The molecule has 0 aromatic carbocycles. The van der Waals surface area contributed by atoms with Crippen LogP contribution in [0.15, 0.2) is 0 Å². The van der Waals surface area contributed by atoms with Crippen LogP contribution in [0, 0.1) is 0 Å². The number of hydrogen-bond acceptors (Lipinski definition) is 20. The lowest BCUT2D eigenvalue weighted by Gasteiger charge is -2.50. The molecule has 4 aliphatic heterocycles. The first-order chi connectivity index (χ1) is 23.5. The molecule has 4 saturated heterocycles. The first-order valence-corrected chi connectivity index (χ1v) is 15.9. The molecule has 290 valence electrons. The molecule has 50 heavy (non-hydrogen) atoms. The number of hydrogen-bond donors (Lipinski definition) is 13. The van der Waals surface area contributed by atoms with Crippen molar-refractivity contribution in [3.8, 4) is 0 Å². The van der Waals surface area contributed by atoms with Crippen molar-refractivity contribution in [2.45, 2.75) is 143 Å². The normalized spacial score (nSPS) is 48.5. The maximum absolute atomic E-state index is 12.5. The lowest BCUT2D eigenvalue weighted by molar-refractivity contribution is -0.375. The highest BCUT2D eigenvalue weighted by Gasteiger charge is 2.55. The van der Waals surface area contributed by atoms with Crippen molar-refractivity contribution in [1.82, 2.24) is 10.6 Å². The van der Waals surface area contributed by atoms with Crippen LogP contribution >= 0.6 is 0 Å². The van der Waals surface area contributed by atoms with Crippen LogP contribution in [0.5, 0.6) is 0 Å². The minimum atomic E-state index is -1.95. The van der Waals surface area contributed by atoms with Gasteiger partial charge in [-0.25, -0.2) is 0 Å². The Kier molecular flexibility index (Phi) is 14.2. The van der Waals surface area contributed by atoms with Gasteiger partial charge in [-0.1, -0.05) is 0 Å². The molecule has 4 rings (SSSR count). The Morgan fingerprint density at radius 3 is 1.64 bits per heavy atom. The molecule has 0 unspecified atom stereocenters. The van der Waals surface area contributed by atoms with Crippen molar-refractivity contribution in [2.75, 3.05) is 19.8 Å². The highest BCUT2D eigenvalue weighted by molar-refractivity contribution is 5.73. The minimum Gasteiger partial charge on any atom is -0.394 e. The number of nitrogens with one attached hydrogen (secondary N) is 2. The lowest BCUT2D eigenvalue weighted by Crippen LogP contribution is -2.70. The molecule has 4 fully saturated rings. The molecular weight excluding hydrogens is 684 g/mol. The van der Waals surface area contributed by atoms with Crippen LogP contribution in [0.4, 0.5) is 0 Å². The summed E-state index contributed by atoms with van der Waals surface area (Å²) in [6.07, 6.45) is -30.1. The summed E-state index contributed by atoms with van der Waals surface area (Å²) >= 11 is 0. The molecule has 0 saturated carbocycles. The molecule has 0 aliphatic carbocycles. The lowest BCUT2D eigenvalue weighted by atomic mass is 9.94. The molecule has 22 heteroatoms. The molecule has 2 amide bonds. The minimum absolute atomic E-state index is 0.627. The number of carbonyl (C=O) groups is 2. The quantitative estimate of drug-likeness (QED) is 0.0938. The van der Waals surface area contributed by atoms with E-state index in [0.717, 1.165) is 13.8 Å². The van der Waals surface area contributed by atoms with Gasteiger partial charge >= 0.3 is 0 Å². The zero-order valence-electron chi connectivity index (χ0n) is 27.3. The first kappa shape index (κ1) is 41.0. The van der Waals surface area contributed by atoms with Crippen molar-refractivity contribution in [3.05, 3.63) is 0 Å². The van der Waals surface area contributed by atoms with E-state index in [0.29, 0.717) is 0 Å². The molecule has 0 spiro atoms. The van der Waals surface area contributed by atoms with E-state index >= 15 is 0 Å². The number of rotatable bonds is 11. The SMILES string of the molecule is CC(=O)N[C@@H]1[C@@H](O)[C@@H](O)[C@@H](CO[C@@H]2O[C@H](CO)[C@@H](O[C@@H]3O[C@H](CO)[C@H](O)[C@H](O)[C@H]3O)[C@H](O[C@@H]3O[C@@H](C)[C@@H](O)[C@@H](O)[C@@H]3O)[C@H]2NC(C)=O)O[C@@H]1O. The summed E-state index contributed by atoms with van der Waals surface area (Å²) in [5, 5.41) is 119. The molecule has 20 atom stereocenters. The summed E-state index contributed by atoms with van der Waals surface area (Å²) in [5.41, 5.74) is 0. The van der Waals surface area contributed by atoms with Crippen molar-refractivity contribution < 1.29 is 98.9 Å². The van der Waals surface area contributed by atoms with E-state index in [1.54, 1.807) is 0 Å². The van der Waals surface area contributed by atoms with E-state index in [4.69, 9.17) is 33.2 Å². The van der Waals surface area contributed by atoms with Gasteiger partial charge in [-0.2, -0.15) is 0 Å². The molecule has 0 aromatic rings. The molecule has 0 aromatic heterocycles. The molecule has 13 N–H and O–H groups in total. The van der Waals surface area contributed by atoms with Crippen molar-refractivity contribution in [3.63, 3.8) is 0 Å². The molecule has 22 nitrogen and oxygen atoms in total. The van der Waals surface area contributed by atoms with Gasteiger partial charge in [0.05, 0.1) is 25.9 Å². The monoisotopic (exact) mass is 732 g/mol. The van der Waals surface area contributed by atoms with Gasteiger partial charge in [-0.3, -0.25) is 9.59 Å². The molecule has 4 aliphatic rings. The van der Waals surface area contributed by atoms with Gasteiger partial charge in [0.2, 0.25) is 11.8 Å². The summed E-state index contributed by atoms with van der Waals surface area (Å²) in [6, 6.07) is -2.91. The van der Waals surface area contributed by atoms with Gasteiger partial charge in [-0.15, -0.1) is 0 Å². The van der Waals surface area contributed by atoms with Crippen LogP contribution in [-0.4, -0.2) is 211 Å². The Hall–Kier alpha value is -1.78. The molecular formula is C28H48N2O20. The van der Waals surface area contributed by atoms with Crippen LogP contribution in [0.2, 0.25) is 0 Å². The Morgan fingerprint density at radius 1 is 0.560 bits per heavy atom. The summed E-state index contributed by atoms with van der Waals surface area (Å²) in [5.74, 6) is -1.35. The largest absolute Gasteiger partial charge is 0.394 e. The third kappa shape index (κ3) is 8.87. The average molecular weight is 733 g/mol. The standard InChI is InChI=1S/C28H48N2O20/c1-7-15(35)19(39)21(41)27(45-7)50-24-14(30-9(3)34)26(44-6-12-17(37)18(38)13(25(43)46-12)29-8(2)33)48-11(5-32)23(24)49-28-22(42)20(40)16(36)10(4-31)47-28/h7,10-28,31-32,35-43H,4-6H2,1-3H3,(H,29,33)(H,30,34)/t7-,10+,11+,12+,13+,14+,15+,16-,17-,18+,19+,20-,21-,22+,23+,24+,25-,26+,27-,28-/m0/s1. The fourth-order valence-electron chi connectivity index (χ4n) is 6.19. The fourth-order valence-corrected chi connectivity index (χ4v) is 6.19. The van der Waals surface area contributed by atoms with Crippen LogP contribution in [-0.2, 0) is 42.7 Å². The van der Waals surface area contributed by atoms with E-state index in [1.165, 1.54) is 6.92 Å². The summed E-state index contributed by atoms with van der Waals surface area (Å²) in [7, 11) is 0.